The van der Waals surface area contributed by atoms with Gasteiger partial charge in [0.25, 0.3) is 0 Å². The van der Waals surface area contributed by atoms with E-state index in [0.29, 0.717) is 12.8 Å². The van der Waals surface area contributed by atoms with Crippen LogP contribution < -0.4 is 10.6 Å². The highest BCUT2D eigenvalue weighted by Crippen LogP contribution is 2.05. The number of hydrogen-bond acceptors (Lipinski definition) is 3. The van der Waals surface area contributed by atoms with Crippen molar-refractivity contribution in [3.8, 4) is 0 Å². The Hall–Kier alpha value is -1.10. The average Bonchev–Trinajstić information content (AvgIpc) is 2.23. The number of carbonyl (C=O) groups excluding carboxylic acids is 1. The molecule has 0 saturated heterocycles. The molecular weight excluding hydrogens is 220 g/mol. The van der Waals surface area contributed by atoms with Crippen LogP contribution in [-0.2, 0) is 9.59 Å². The van der Waals surface area contributed by atoms with Crippen molar-refractivity contribution < 1.29 is 14.7 Å². The van der Waals surface area contributed by atoms with Gasteiger partial charge in [0, 0.05) is 19.0 Å². The summed E-state index contributed by atoms with van der Waals surface area (Å²) < 4.78 is 0. The van der Waals surface area contributed by atoms with Gasteiger partial charge in [0.05, 0.1) is 5.92 Å². The molecule has 3 N–H and O–H groups in total. The predicted octanol–water partition coefficient (Wildman–Crippen LogP) is 0.992. The van der Waals surface area contributed by atoms with Gasteiger partial charge >= 0.3 is 5.97 Å². The molecule has 17 heavy (non-hydrogen) atoms. The SMILES string of the molecule is CCCC(CNC(=O)CC(C)NCC)C(=O)O. The lowest BCUT2D eigenvalue weighted by molar-refractivity contribution is -0.141. The van der Waals surface area contributed by atoms with Gasteiger partial charge < -0.3 is 15.7 Å². The van der Waals surface area contributed by atoms with Gasteiger partial charge in [-0.25, -0.2) is 0 Å². The fraction of sp³-hybridized carbons (Fsp3) is 0.833. The molecule has 0 aliphatic carbocycles. The van der Waals surface area contributed by atoms with E-state index in [0.717, 1.165) is 13.0 Å². The van der Waals surface area contributed by atoms with Crippen LogP contribution in [0.4, 0.5) is 0 Å². The quantitative estimate of drug-likeness (QED) is 0.565. The lowest BCUT2D eigenvalue weighted by Crippen LogP contribution is -2.37. The minimum absolute atomic E-state index is 0.0965. The summed E-state index contributed by atoms with van der Waals surface area (Å²) in [5.41, 5.74) is 0. The number of amides is 1. The first-order chi connectivity index (χ1) is 8.01. The van der Waals surface area contributed by atoms with Crippen molar-refractivity contribution >= 4 is 11.9 Å². The molecule has 5 heteroatoms. The van der Waals surface area contributed by atoms with Gasteiger partial charge in [0.15, 0.2) is 0 Å². The van der Waals surface area contributed by atoms with E-state index >= 15 is 0 Å². The van der Waals surface area contributed by atoms with Gasteiger partial charge in [-0.2, -0.15) is 0 Å². The Labute approximate surface area is 103 Å². The zero-order valence-electron chi connectivity index (χ0n) is 11.0. The van der Waals surface area contributed by atoms with Crippen LogP contribution in [0.5, 0.6) is 0 Å². The van der Waals surface area contributed by atoms with Crippen molar-refractivity contribution in [3.05, 3.63) is 0 Å². The highest BCUT2D eigenvalue weighted by Gasteiger charge is 2.17. The summed E-state index contributed by atoms with van der Waals surface area (Å²) in [6.45, 7) is 6.90. The summed E-state index contributed by atoms with van der Waals surface area (Å²) in [7, 11) is 0. The highest BCUT2D eigenvalue weighted by molar-refractivity contribution is 5.77. The monoisotopic (exact) mass is 244 g/mol. The molecule has 0 fully saturated rings. The van der Waals surface area contributed by atoms with Crippen LogP contribution >= 0.6 is 0 Å². The fourth-order valence-electron chi connectivity index (χ4n) is 1.67. The maximum atomic E-state index is 11.5. The fourth-order valence-corrected chi connectivity index (χ4v) is 1.67. The second kappa shape index (κ2) is 8.98. The van der Waals surface area contributed by atoms with Crippen molar-refractivity contribution in [2.45, 2.75) is 46.1 Å². The van der Waals surface area contributed by atoms with E-state index in [2.05, 4.69) is 10.6 Å². The molecule has 0 aliphatic heterocycles. The minimum atomic E-state index is -0.841. The Morgan fingerprint density at radius 1 is 1.29 bits per heavy atom. The standard InChI is InChI=1S/C12H24N2O3/c1-4-6-10(12(16)17)8-14-11(15)7-9(3)13-5-2/h9-10,13H,4-8H2,1-3H3,(H,14,15)(H,16,17). The van der Waals surface area contributed by atoms with E-state index < -0.39 is 11.9 Å². The molecule has 0 aromatic carbocycles. The van der Waals surface area contributed by atoms with E-state index in [9.17, 15) is 9.59 Å². The molecular formula is C12H24N2O3. The summed E-state index contributed by atoms with van der Waals surface area (Å²) in [6.07, 6.45) is 1.78. The van der Waals surface area contributed by atoms with E-state index in [1.165, 1.54) is 0 Å². The van der Waals surface area contributed by atoms with E-state index in [1.807, 2.05) is 20.8 Å². The first-order valence-corrected chi connectivity index (χ1v) is 6.24. The van der Waals surface area contributed by atoms with Crippen LogP contribution in [0.25, 0.3) is 0 Å². The van der Waals surface area contributed by atoms with Crippen molar-refractivity contribution in [2.75, 3.05) is 13.1 Å². The maximum Gasteiger partial charge on any atom is 0.308 e. The van der Waals surface area contributed by atoms with Crippen LogP contribution in [0.3, 0.4) is 0 Å². The molecule has 0 rings (SSSR count). The van der Waals surface area contributed by atoms with Crippen molar-refractivity contribution in [1.82, 2.24) is 10.6 Å². The lowest BCUT2D eigenvalue weighted by atomic mass is 10.0. The topological polar surface area (TPSA) is 78.4 Å². The summed E-state index contributed by atoms with van der Waals surface area (Å²) in [5, 5.41) is 14.7. The van der Waals surface area contributed by atoms with Crippen LogP contribution in [0.1, 0.15) is 40.0 Å². The van der Waals surface area contributed by atoms with Gasteiger partial charge in [0.1, 0.15) is 0 Å². The smallest absolute Gasteiger partial charge is 0.308 e. The molecule has 0 saturated carbocycles. The van der Waals surface area contributed by atoms with Crippen molar-refractivity contribution in [2.24, 2.45) is 5.92 Å². The summed E-state index contributed by atoms with van der Waals surface area (Å²) in [4.78, 5) is 22.4. The maximum absolute atomic E-state index is 11.5. The van der Waals surface area contributed by atoms with Crippen LogP contribution in [0, 0.1) is 5.92 Å². The number of hydrogen-bond donors (Lipinski definition) is 3. The van der Waals surface area contributed by atoms with E-state index in [4.69, 9.17) is 5.11 Å². The largest absolute Gasteiger partial charge is 0.481 e. The van der Waals surface area contributed by atoms with E-state index in [-0.39, 0.29) is 18.5 Å². The van der Waals surface area contributed by atoms with Gasteiger partial charge in [0.2, 0.25) is 5.91 Å². The third-order valence-corrected chi connectivity index (χ3v) is 2.58. The van der Waals surface area contributed by atoms with Gasteiger partial charge in [-0.1, -0.05) is 20.3 Å². The molecule has 0 radical (unpaired) electrons. The molecule has 0 aromatic heterocycles. The van der Waals surface area contributed by atoms with E-state index in [1.54, 1.807) is 0 Å². The number of carboxylic acids is 1. The molecule has 0 heterocycles. The highest BCUT2D eigenvalue weighted by atomic mass is 16.4. The third-order valence-electron chi connectivity index (χ3n) is 2.58. The minimum Gasteiger partial charge on any atom is -0.481 e. The van der Waals surface area contributed by atoms with Crippen LogP contribution in [-0.4, -0.2) is 36.1 Å². The summed E-state index contributed by atoms with van der Waals surface area (Å²) >= 11 is 0. The number of rotatable bonds is 9. The van der Waals surface area contributed by atoms with Gasteiger partial charge in [-0.05, 0) is 19.9 Å². The average molecular weight is 244 g/mol. The Bertz CT molecular complexity index is 244. The lowest BCUT2D eigenvalue weighted by Gasteiger charge is -2.15. The zero-order valence-corrected chi connectivity index (χ0v) is 11.0. The van der Waals surface area contributed by atoms with Gasteiger partial charge in [-0.15, -0.1) is 0 Å². The van der Waals surface area contributed by atoms with Crippen LogP contribution in [0.15, 0.2) is 0 Å². The molecule has 0 spiro atoms. The second-order valence-electron chi connectivity index (χ2n) is 4.29. The predicted molar refractivity (Wildman–Crippen MR) is 66.8 cm³/mol. The number of carbonyl (C=O) groups is 2. The summed E-state index contributed by atoms with van der Waals surface area (Å²) in [6, 6.07) is 0.120. The first kappa shape index (κ1) is 15.9. The molecule has 5 nitrogen and oxygen atoms in total. The molecule has 0 aromatic rings. The van der Waals surface area contributed by atoms with Gasteiger partial charge in [-0.3, -0.25) is 9.59 Å². The normalized spacial score (nSPS) is 14.1. The molecule has 0 aliphatic rings. The Balaban J connectivity index is 3.91. The van der Waals surface area contributed by atoms with Crippen LogP contribution in [0.2, 0.25) is 0 Å². The Morgan fingerprint density at radius 2 is 1.94 bits per heavy atom. The van der Waals surface area contributed by atoms with Crippen molar-refractivity contribution in [1.29, 1.82) is 0 Å². The molecule has 2 unspecified atom stereocenters. The summed E-state index contributed by atoms with van der Waals surface area (Å²) in [5.74, 6) is -1.41. The number of nitrogens with one attached hydrogen (secondary N) is 2. The third kappa shape index (κ3) is 7.74. The van der Waals surface area contributed by atoms with Crippen molar-refractivity contribution in [3.63, 3.8) is 0 Å². The first-order valence-electron chi connectivity index (χ1n) is 6.24. The second-order valence-corrected chi connectivity index (χ2v) is 4.29. The number of carboxylic acid groups (broad SMARTS) is 1. The molecule has 0 bridgehead atoms. The molecule has 1 amide bonds. The zero-order chi connectivity index (χ0) is 13.3. The number of aliphatic carboxylic acids is 1. The Morgan fingerprint density at radius 3 is 2.41 bits per heavy atom. The molecule has 2 atom stereocenters. The molecule has 100 valence electrons. The Kier molecular flexibility index (Phi) is 8.40.